The lowest BCUT2D eigenvalue weighted by Crippen LogP contribution is -2.19. The summed E-state index contributed by atoms with van der Waals surface area (Å²) in [6, 6.07) is 12.4. The van der Waals surface area contributed by atoms with Gasteiger partial charge in [-0.1, -0.05) is 18.2 Å². The zero-order valence-corrected chi connectivity index (χ0v) is 11.0. The van der Waals surface area contributed by atoms with Gasteiger partial charge in [0.2, 0.25) is 0 Å². The molecule has 0 aliphatic heterocycles. The molecule has 1 atom stereocenters. The van der Waals surface area contributed by atoms with Crippen LogP contribution in [-0.4, -0.2) is 0 Å². The summed E-state index contributed by atoms with van der Waals surface area (Å²) in [6.45, 7) is 2.20. The molecule has 0 radical (unpaired) electrons. The van der Waals surface area contributed by atoms with Crippen LogP contribution in [0.4, 0.5) is 8.78 Å². The van der Waals surface area contributed by atoms with Gasteiger partial charge in [-0.3, -0.25) is 0 Å². The van der Waals surface area contributed by atoms with E-state index in [1.807, 2.05) is 13.0 Å². The predicted molar refractivity (Wildman–Crippen MR) is 72.8 cm³/mol. The Morgan fingerprint density at radius 1 is 1.20 bits per heavy atom. The van der Waals surface area contributed by atoms with E-state index in [9.17, 15) is 8.78 Å². The molecule has 0 saturated heterocycles. The Balaban J connectivity index is 2.08. The van der Waals surface area contributed by atoms with Gasteiger partial charge in [-0.25, -0.2) is 8.78 Å². The molecule has 2 aromatic carbocycles. The van der Waals surface area contributed by atoms with Crippen LogP contribution in [0.25, 0.3) is 0 Å². The van der Waals surface area contributed by atoms with Crippen molar-refractivity contribution in [2.24, 2.45) is 0 Å². The molecule has 0 spiro atoms. The molecule has 0 amide bonds. The van der Waals surface area contributed by atoms with Crippen LogP contribution in [0, 0.1) is 23.0 Å². The lowest BCUT2D eigenvalue weighted by molar-refractivity contribution is 0.526. The Morgan fingerprint density at radius 2 is 1.95 bits per heavy atom. The number of benzene rings is 2. The summed E-state index contributed by atoms with van der Waals surface area (Å²) in [5, 5.41) is 11.9. The molecule has 2 aromatic rings. The molecule has 0 heterocycles. The van der Waals surface area contributed by atoms with Gasteiger partial charge >= 0.3 is 0 Å². The van der Waals surface area contributed by atoms with E-state index in [2.05, 4.69) is 5.32 Å². The van der Waals surface area contributed by atoms with E-state index in [4.69, 9.17) is 5.26 Å². The van der Waals surface area contributed by atoms with E-state index >= 15 is 0 Å². The molecule has 1 unspecified atom stereocenters. The van der Waals surface area contributed by atoms with Crippen molar-refractivity contribution < 1.29 is 8.78 Å². The van der Waals surface area contributed by atoms with Gasteiger partial charge in [-0.2, -0.15) is 5.26 Å². The molecule has 20 heavy (non-hydrogen) atoms. The fourth-order valence-electron chi connectivity index (χ4n) is 2.02. The molecule has 0 aliphatic rings. The van der Waals surface area contributed by atoms with Crippen molar-refractivity contribution in [2.75, 3.05) is 0 Å². The molecule has 2 rings (SSSR count). The second kappa shape index (κ2) is 6.27. The maximum Gasteiger partial charge on any atom is 0.127 e. The van der Waals surface area contributed by atoms with Crippen molar-refractivity contribution in [1.29, 1.82) is 5.26 Å². The standard InChI is InChI=1S/C16H14F2N2/c1-11(15-4-2-3-5-16(15)18)20-10-13-6-12(9-19)7-14(17)8-13/h2-8,11,20H,10H2,1H3. The van der Waals surface area contributed by atoms with Crippen molar-refractivity contribution >= 4 is 0 Å². The van der Waals surface area contributed by atoms with Crippen LogP contribution in [0.5, 0.6) is 0 Å². The van der Waals surface area contributed by atoms with Crippen molar-refractivity contribution in [2.45, 2.75) is 19.5 Å². The smallest absolute Gasteiger partial charge is 0.127 e. The Morgan fingerprint density at radius 3 is 2.65 bits per heavy atom. The van der Waals surface area contributed by atoms with Crippen LogP contribution >= 0.6 is 0 Å². The minimum Gasteiger partial charge on any atom is -0.306 e. The molecule has 0 aliphatic carbocycles. The lowest BCUT2D eigenvalue weighted by atomic mass is 10.1. The molecular formula is C16H14F2N2. The third-order valence-corrected chi connectivity index (χ3v) is 3.07. The Kier molecular flexibility index (Phi) is 4.44. The van der Waals surface area contributed by atoms with Crippen molar-refractivity contribution in [1.82, 2.24) is 5.32 Å². The van der Waals surface area contributed by atoms with E-state index in [1.54, 1.807) is 24.3 Å². The fourth-order valence-corrected chi connectivity index (χ4v) is 2.02. The number of nitriles is 1. The molecule has 0 fully saturated rings. The molecular weight excluding hydrogens is 258 g/mol. The normalized spacial score (nSPS) is 11.9. The van der Waals surface area contributed by atoms with Gasteiger partial charge in [0, 0.05) is 18.2 Å². The monoisotopic (exact) mass is 272 g/mol. The van der Waals surface area contributed by atoms with Gasteiger partial charge in [-0.05, 0) is 36.8 Å². The number of nitrogens with zero attached hydrogens (tertiary/aromatic N) is 1. The summed E-state index contributed by atoms with van der Waals surface area (Å²) in [6.07, 6.45) is 0. The third-order valence-electron chi connectivity index (χ3n) is 3.07. The number of rotatable bonds is 4. The average molecular weight is 272 g/mol. The highest BCUT2D eigenvalue weighted by Crippen LogP contribution is 2.17. The fraction of sp³-hybridized carbons (Fsp3) is 0.188. The highest BCUT2D eigenvalue weighted by molar-refractivity contribution is 5.33. The average Bonchev–Trinajstić information content (AvgIpc) is 2.44. The second-order valence-corrected chi connectivity index (χ2v) is 4.58. The van der Waals surface area contributed by atoms with Crippen molar-refractivity contribution in [3.8, 4) is 6.07 Å². The summed E-state index contributed by atoms with van der Waals surface area (Å²) < 4.78 is 26.9. The SMILES string of the molecule is CC(NCc1cc(F)cc(C#N)c1)c1ccccc1F. The summed E-state index contributed by atoms with van der Waals surface area (Å²) in [4.78, 5) is 0. The molecule has 4 heteroatoms. The predicted octanol–water partition coefficient (Wildman–Crippen LogP) is 3.69. The minimum absolute atomic E-state index is 0.204. The summed E-state index contributed by atoms with van der Waals surface area (Å²) in [5.74, 6) is -0.719. The number of hydrogen-bond acceptors (Lipinski definition) is 2. The van der Waals surface area contributed by atoms with Crippen LogP contribution < -0.4 is 5.32 Å². The first kappa shape index (κ1) is 14.2. The first-order valence-electron chi connectivity index (χ1n) is 6.27. The largest absolute Gasteiger partial charge is 0.306 e. The van der Waals surface area contributed by atoms with Crippen LogP contribution in [-0.2, 0) is 6.54 Å². The number of hydrogen-bond donors (Lipinski definition) is 1. The van der Waals surface area contributed by atoms with Gasteiger partial charge in [0.25, 0.3) is 0 Å². The van der Waals surface area contributed by atoms with E-state index in [0.29, 0.717) is 17.7 Å². The van der Waals surface area contributed by atoms with Crippen LogP contribution in [0.1, 0.15) is 29.7 Å². The number of halogens is 2. The molecule has 2 nitrogen and oxygen atoms in total. The van der Waals surface area contributed by atoms with E-state index in [0.717, 1.165) is 0 Å². The molecule has 0 bridgehead atoms. The maximum atomic E-state index is 13.6. The topological polar surface area (TPSA) is 35.8 Å². The summed E-state index contributed by atoms with van der Waals surface area (Å²) in [5.41, 5.74) is 1.49. The maximum absolute atomic E-state index is 13.6. The first-order chi connectivity index (χ1) is 9.60. The Bertz CT molecular complexity index is 647. The highest BCUT2D eigenvalue weighted by Gasteiger charge is 2.10. The van der Waals surface area contributed by atoms with Crippen molar-refractivity contribution in [3.63, 3.8) is 0 Å². The van der Waals surface area contributed by atoms with Crippen molar-refractivity contribution in [3.05, 3.63) is 70.8 Å². The summed E-state index contributed by atoms with van der Waals surface area (Å²) >= 11 is 0. The Labute approximate surface area is 116 Å². The first-order valence-corrected chi connectivity index (χ1v) is 6.27. The zero-order valence-electron chi connectivity index (χ0n) is 11.0. The van der Waals surface area contributed by atoms with Crippen LogP contribution in [0.15, 0.2) is 42.5 Å². The summed E-state index contributed by atoms with van der Waals surface area (Å²) in [7, 11) is 0. The lowest BCUT2D eigenvalue weighted by Gasteiger charge is -2.15. The molecule has 102 valence electrons. The van der Waals surface area contributed by atoms with Gasteiger partial charge < -0.3 is 5.32 Å². The van der Waals surface area contributed by atoms with E-state index < -0.39 is 5.82 Å². The van der Waals surface area contributed by atoms with Gasteiger partial charge in [0.1, 0.15) is 11.6 Å². The zero-order chi connectivity index (χ0) is 14.5. The van der Waals surface area contributed by atoms with Crippen LogP contribution in [0.2, 0.25) is 0 Å². The Hall–Kier alpha value is -2.25. The third kappa shape index (κ3) is 3.40. The molecule has 0 aromatic heterocycles. The number of nitrogens with one attached hydrogen (secondary N) is 1. The van der Waals surface area contributed by atoms with Crippen LogP contribution in [0.3, 0.4) is 0 Å². The molecule has 1 N–H and O–H groups in total. The minimum atomic E-state index is -0.445. The second-order valence-electron chi connectivity index (χ2n) is 4.58. The quantitative estimate of drug-likeness (QED) is 0.921. The highest BCUT2D eigenvalue weighted by atomic mass is 19.1. The van der Waals surface area contributed by atoms with E-state index in [1.165, 1.54) is 18.2 Å². The van der Waals surface area contributed by atoms with E-state index in [-0.39, 0.29) is 17.4 Å². The van der Waals surface area contributed by atoms with Gasteiger partial charge in [-0.15, -0.1) is 0 Å². The van der Waals surface area contributed by atoms with Gasteiger partial charge in [0.05, 0.1) is 11.6 Å². The molecule has 0 saturated carbocycles. The van der Waals surface area contributed by atoms with Gasteiger partial charge in [0.15, 0.2) is 0 Å².